The minimum Gasteiger partial charge on any atom is -0.495 e. The normalized spacial score (nSPS) is 14.4. The molecule has 192 valence electrons. The van der Waals surface area contributed by atoms with Gasteiger partial charge in [0.1, 0.15) is 23.2 Å². The molecule has 4 aromatic rings. The summed E-state index contributed by atoms with van der Waals surface area (Å²) < 4.78 is 7.03. The smallest absolute Gasteiger partial charge is 0.261 e. The number of methoxy groups -OCH3 is 1. The molecule has 2 heterocycles. The van der Waals surface area contributed by atoms with Gasteiger partial charge >= 0.3 is 0 Å². The number of anilines is 3. The SMILES string of the molecule is COc1ccccc1NC(=O)C1=C(C)Nc2c(C(=O)Nc3cccc(C)c3)cnn2[C@H]1c1ccccc1Cl. The van der Waals surface area contributed by atoms with Gasteiger partial charge < -0.3 is 20.7 Å². The molecule has 5 rings (SSSR count). The molecule has 0 saturated heterocycles. The van der Waals surface area contributed by atoms with Crippen molar-refractivity contribution in [3.8, 4) is 5.75 Å². The fraction of sp³-hybridized carbons (Fsp3) is 0.138. The lowest BCUT2D eigenvalue weighted by molar-refractivity contribution is -0.113. The third-order valence-electron chi connectivity index (χ3n) is 6.34. The lowest BCUT2D eigenvalue weighted by Gasteiger charge is -2.30. The predicted octanol–water partition coefficient (Wildman–Crippen LogP) is 6.03. The summed E-state index contributed by atoms with van der Waals surface area (Å²) >= 11 is 6.63. The van der Waals surface area contributed by atoms with E-state index in [1.165, 1.54) is 6.20 Å². The molecule has 1 aliphatic rings. The second-order valence-electron chi connectivity index (χ2n) is 8.92. The number of hydrogen-bond donors (Lipinski definition) is 3. The Kier molecular flexibility index (Phi) is 6.89. The number of rotatable bonds is 6. The Morgan fingerprint density at radius 2 is 1.74 bits per heavy atom. The van der Waals surface area contributed by atoms with Crippen molar-refractivity contribution in [2.45, 2.75) is 19.9 Å². The van der Waals surface area contributed by atoms with Crippen LogP contribution in [0.4, 0.5) is 17.2 Å². The highest BCUT2D eigenvalue weighted by Gasteiger charge is 2.36. The summed E-state index contributed by atoms with van der Waals surface area (Å²) in [6.07, 6.45) is 1.49. The fourth-order valence-electron chi connectivity index (χ4n) is 4.56. The van der Waals surface area contributed by atoms with Crippen LogP contribution in [0.2, 0.25) is 5.02 Å². The lowest BCUT2D eigenvalue weighted by Crippen LogP contribution is -2.32. The van der Waals surface area contributed by atoms with E-state index in [0.29, 0.717) is 50.4 Å². The zero-order valence-electron chi connectivity index (χ0n) is 21.1. The van der Waals surface area contributed by atoms with E-state index in [4.69, 9.17) is 16.3 Å². The molecule has 0 saturated carbocycles. The van der Waals surface area contributed by atoms with E-state index in [-0.39, 0.29) is 11.8 Å². The minimum atomic E-state index is -0.685. The maximum atomic E-state index is 13.7. The molecular weight excluding hydrogens is 502 g/mol. The van der Waals surface area contributed by atoms with Crippen LogP contribution in [-0.4, -0.2) is 28.7 Å². The number of allylic oxidation sites excluding steroid dienone is 1. The number of aromatic nitrogens is 2. The zero-order valence-corrected chi connectivity index (χ0v) is 21.8. The second kappa shape index (κ2) is 10.4. The Morgan fingerprint density at radius 3 is 2.50 bits per heavy atom. The van der Waals surface area contributed by atoms with E-state index in [0.717, 1.165) is 5.56 Å². The number of ether oxygens (including phenoxy) is 1. The molecule has 3 aromatic carbocycles. The summed E-state index contributed by atoms with van der Waals surface area (Å²) in [5.41, 5.74) is 4.23. The fourth-order valence-corrected chi connectivity index (χ4v) is 4.80. The van der Waals surface area contributed by atoms with Gasteiger partial charge in [-0.2, -0.15) is 5.10 Å². The molecule has 1 atom stereocenters. The molecule has 2 amide bonds. The molecule has 8 nitrogen and oxygen atoms in total. The number of carbonyl (C=O) groups excluding carboxylic acids is 2. The highest BCUT2D eigenvalue weighted by atomic mass is 35.5. The summed E-state index contributed by atoms with van der Waals surface area (Å²) in [7, 11) is 1.55. The van der Waals surface area contributed by atoms with Crippen LogP contribution in [0.3, 0.4) is 0 Å². The first kappa shape index (κ1) is 25.1. The molecule has 0 radical (unpaired) electrons. The number of fused-ring (bicyclic) bond motifs is 1. The van der Waals surface area contributed by atoms with Gasteiger partial charge in [0.15, 0.2) is 0 Å². The van der Waals surface area contributed by atoms with Crippen LogP contribution in [0.5, 0.6) is 5.75 Å². The highest BCUT2D eigenvalue weighted by molar-refractivity contribution is 6.31. The molecule has 1 aliphatic heterocycles. The minimum absolute atomic E-state index is 0.322. The topological polar surface area (TPSA) is 97.3 Å². The molecule has 0 spiro atoms. The number of nitrogens with zero attached hydrogens (tertiary/aromatic N) is 2. The summed E-state index contributed by atoms with van der Waals surface area (Å²) in [5.74, 6) is 0.326. The van der Waals surface area contributed by atoms with Gasteiger partial charge in [-0.05, 0) is 49.7 Å². The number of benzene rings is 3. The summed E-state index contributed by atoms with van der Waals surface area (Å²) in [4.78, 5) is 27.0. The van der Waals surface area contributed by atoms with Crippen molar-refractivity contribution in [2.24, 2.45) is 0 Å². The molecule has 3 N–H and O–H groups in total. The van der Waals surface area contributed by atoms with Crippen LogP contribution in [0, 0.1) is 6.92 Å². The second-order valence-corrected chi connectivity index (χ2v) is 9.32. The van der Waals surface area contributed by atoms with E-state index >= 15 is 0 Å². The van der Waals surface area contributed by atoms with Gasteiger partial charge in [-0.25, -0.2) is 4.68 Å². The largest absolute Gasteiger partial charge is 0.495 e. The van der Waals surface area contributed by atoms with E-state index < -0.39 is 6.04 Å². The van der Waals surface area contributed by atoms with Crippen molar-refractivity contribution < 1.29 is 14.3 Å². The third kappa shape index (κ3) is 4.73. The Bertz CT molecular complexity index is 1580. The number of halogens is 1. The molecule has 0 fully saturated rings. The Hall–Kier alpha value is -4.56. The molecule has 38 heavy (non-hydrogen) atoms. The van der Waals surface area contributed by atoms with E-state index in [1.54, 1.807) is 36.9 Å². The number of amides is 2. The zero-order chi connectivity index (χ0) is 26.8. The van der Waals surface area contributed by atoms with E-state index in [2.05, 4.69) is 21.0 Å². The third-order valence-corrected chi connectivity index (χ3v) is 6.69. The van der Waals surface area contributed by atoms with Crippen molar-refractivity contribution in [2.75, 3.05) is 23.1 Å². The molecule has 1 aromatic heterocycles. The quantitative estimate of drug-likeness (QED) is 0.284. The van der Waals surface area contributed by atoms with Crippen LogP contribution in [0.25, 0.3) is 0 Å². The lowest BCUT2D eigenvalue weighted by atomic mass is 9.94. The standard InChI is InChI=1S/C29H26ClN5O3/c1-17-9-8-10-19(15-17)33-28(36)21-16-31-35-26(20-11-4-5-12-22(20)30)25(18(2)32-27(21)35)29(37)34-23-13-6-7-14-24(23)38-3/h4-16,26,32H,1-3H3,(H,33,36)(H,34,37)/t26-/m0/s1. The van der Waals surface area contributed by atoms with E-state index in [1.807, 2.05) is 61.5 Å². The number of aryl methyl sites for hydroxylation is 1. The average molecular weight is 528 g/mol. The van der Waals surface area contributed by atoms with Crippen molar-refractivity contribution in [1.29, 1.82) is 0 Å². The maximum absolute atomic E-state index is 13.7. The first-order chi connectivity index (χ1) is 18.4. The van der Waals surface area contributed by atoms with Gasteiger partial charge in [0, 0.05) is 22.0 Å². The first-order valence-corrected chi connectivity index (χ1v) is 12.4. The van der Waals surface area contributed by atoms with Crippen LogP contribution in [0.15, 0.2) is 90.3 Å². The molecule has 9 heteroatoms. The number of hydrogen-bond acceptors (Lipinski definition) is 5. The highest BCUT2D eigenvalue weighted by Crippen LogP contribution is 2.40. The Morgan fingerprint density at radius 1 is 0.974 bits per heavy atom. The first-order valence-electron chi connectivity index (χ1n) is 12.0. The molecular formula is C29H26ClN5O3. The number of nitrogens with one attached hydrogen (secondary N) is 3. The summed E-state index contributed by atoms with van der Waals surface area (Å²) in [5, 5.41) is 14.1. The molecule has 0 bridgehead atoms. The van der Waals surface area contributed by atoms with E-state index in [9.17, 15) is 9.59 Å². The van der Waals surface area contributed by atoms with Crippen LogP contribution in [-0.2, 0) is 4.79 Å². The summed E-state index contributed by atoms with van der Waals surface area (Å²) in [6.45, 7) is 3.75. The van der Waals surface area contributed by atoms with Gasteiger partial charge in [-0.15, -0.1) is 0 Å². The van der Waals surface area contributed by atoms with Crippen molar-refractivity contribution in [1.82, 2.24) is 9.78 Å². The van der Waals surface area contributed by atoms with Crippen LogP contribution >= 0.6 is 11.6 Å². The molecule has 0 aliphatic carbocycles. The van der Waals surface area contributed by atoms with Gasteiger partial charge in [-0.3, -0.25) is 9.59 Å². The van der Waals surface area contributed by atoms with Gasteiger partial charge in [0.05, 0.1) is 24.6 Å². The maximum Gasteiger partial charge on any atom is 0.261 e. The summed E-state index contributed by atoms with van der Waals surface area (Å²) in [6, 6.07) is 21.3. The van der Waals surface area contributed by atoms with Crippen LogP contribution in [0.1, 0.15) is 34.5 Å². The predicted molar refractivity (Wildman–Crippen MR) is 149 cm³/mol. The monoisotopic (exact) mass is 527 g/mol. The van der Waals surface area contributed by atoms with Gasteiger partial charge in [0.2, 0.25) is 0 Å². The Labute approximate surface area is 225 Å². The van der Waals surface area contributed by atoms with Crippen molar-refractivity contribution >= 4 is 40.6 Å². The van der Waals surface area contributed by atoms with Crippen molar-refractivity contribution in [3.63, 3.8) is 0 Å². The molecule has 0 unspecified atom stereocenters. The number of carbonyl (C=O) groups is 2. The number of para-hydroxylation sites is 2. The van der Waals surface area contributed by atoms with Crippen molar-refractivity contribution in [3.05, 3.63) is 112 Å². The van der Waals surface area contributed by atoms with Gasteiger partial charge in [-0.1, -0.05) is 54.1 Å². The van der Waals surface area contributed by atoms with Gasteiger partial charge in [0.25, 0.3) is 11.8 Å². The Balaban J connectivity index is 1.56. The van der Waals surface area contributed by atoms with Crippen LogP contribution < -0.4 is 20.7 Å². The average Bonchev–Trinajstić information content (AvgIpc) is 3.32.